The maximum Gasteiger partial charge on any atom is 0.220 e. The van der Waals surface area contributed by atoms with E-state index >= 15 is 0 Å². The molecule has 0 aromatic carbocycles. The number of unbranched alkanes of at least 4 members (excludes halogenated alkanes) is 30. The van der Waals surface area contributed by atoms with E-state index < -0.39 is 12.1 Å². The lowest BCUT2D eigenvalue weighted by Crippen LogP contribution is -2.45. The number of aliphatic hydroxyl groups is 2. The molecule has 0 saturated carbocycles. The summed E-state index contributed by atoms with van der Waals surface area (Å²) in [6.07, 6.45) is 112. The zero-order chi connectivity index (χ0) is 58.4. The van der Waals surface area contributed by atoms with Crippen molar-refractivity contribution >= 4 is 5.91 Å². The van der Waals surface area contributed by atoms with Gasteiger partial charge in [0, 0.05) is 6.42 Å². The van der Waals surface area contributed by atoms with Crippen molar-refractivity contribution < 1.29 is 15.0 Å². The third-order valence-electron chi connectivity index (χ3n) is 14.7. The largest absolute Gasteiger partial charge is 0.394 e. The summed E-state index contributed by atoms with van der Waals surface area (Å²) in [6.45, 7) is 4.19. The Morgan fingerprint density at radius 1 is 0.309 bits per heavy atom. The molecule has 0 spiro atoms. The third-order valence-corrected chi connectivity index (χ3v) is 14.7. The van der Waals surface area contributed by atoms with Crippen LogP contribution in [-0.2, 0) is 4.79 Å². The fourth-order valence-corrected chi connectivity index (χ4v) is 9.59. The Kier molecular flexibility index (Phi) is 66.8. The van der Waals surface area contributed by atoms with E-state index in [1.165, 1.54) is 167 Å². The van der Waals surface area contributed by atoms with Crippen molar-refractivity contribution in [1.82, 2.24) is 5.32 Å². The number of carbonyl (C=O) groups excluding carboxylic acids is 1. The number of allylic oxidation sites excluding steroid dienone is 25. The van der Waals surface area contributed by atoms with Crippen LogP contribution in [0, 0.1) is 0 Å². The Labute approximate surface area is 503 Å². The topological polar surface area (TPSA) is 69.6 Å². The minimum Gasteiger partial charge on any atom is -0.394 e. The van der Waals surface area contributed by atoms with Crippen LogP contribution < -0.4 is 5.32 Å². The Bertz CT molecular complexity index is 1690. The van der Waals surface area contributed by atoms with Crippen molar-refractivity contribution in [2.24, 2.45) is 0 Å². The van der Waals surface area contributed by atoms with Gasteiger partial charge in [-0.25, -0.2) is 0 Å². The van der Waals surface area contributed by atoms with Gasteiger partial charge in [-0.15, -0.1) is 0 Å². The number of nitrogens with one attached hydrogen (secondary N) is 1. The molecule has 0 fully saturated rings. The highest BCUT2D eigenvalue weighted by molar-refractivity contribution is 5.76. The molecular formula is C77H129NO3. The van der Waals surface area contributed by atoms with Crippen molar-refractivity contribution in [3.63, 3.8) is 0 Å². The van der Waals surface area contributed by atoms with E-state index in [2.05, 4.69) is 165 Å². The summed E-state index contributed by atoms with van der Waals surface area (Å²) >= 11 is 0. The predicted octanol–water partition coefficient (Wildman–Crippen LogP) is 23.6. The summed E-state index contributed by atoms with van der Waals surface area (Å²) in [5.74, 6) is -0.0908. The standard InChI is InChI=1S/C77H129NO3/c1-3-5-7-9-11-13-15-17-19-21-23-25-27-29-31-33-35-36-37-38-39-40-41-42-43-45-47-49-51-53-55-57-59-61-63-65-67-69-71-73-77(81)78-75(74-79)76(80)72-70-68-66-64-62-60-58-56-54-52-50-48-46-44-34-32-30-28-26-24-22-20-18-16-14-12-10-8-6-4-2/h5,7,11,13,17,19,23,25,29,31,35-36,38-39,41-42,45,47,51,53-54,56,62,64,70,72,75-76,79-80H,3-4,6,8-10,12,14-16,18,20-22,24,26-28,30,32-34,37,40,43-44,46,48-50,52,55,57-61,63,65-69,71,73-74H2,1-2H3,(H,78,81)/b7-5-,13-11-,19-17-,25-23-,31-29-,36-35-,39-38-,42-41-,47-45-,53-51-,56-54+,64-62+,72-70+. The zero-order valence-electron chi connectivity index (χ0n) is 53.0. The lowest BCUT2D eigenvalue weighted by molar-refractivity contribution is -0.123. The first-order valence-electron chi connectivity index (χ1n) is 34.2. The molecule has 2 unspecified atom stereocenters. The van der Waals surface area contributed by atoms with Gasteiger partial charge >= 0.3 is 0 Å². The van der Waals surface area contributed by atoms with Crippen LogP contribution in [0.1, 0.15) is 303 Å². The minimum atomic E-state index is -0.887. The predicted molar refractivity (Wildman–Crippen MR) is 363 cm³/mol. The third kappa shape index (κ3) is 66.7. The Morgan fingerprint density at radius 2 is 0.556 bits per heavy atom. The molecule has 0 aromatic rings. The van der Waals surface area contributed by atoms with Gasteiger partial charge in [-0.2, -0.15) is 0 Å². The molecule has 4 heteroatoms. The number of hydrogen-bond acceptors (Lipinski definition) is 3. The number of hydrogen-bond donors (Lipinski definition) is 3. The molecule has 1 amide bonds. The monoisotopic (exact) mass is 1120 g/mol. The van der Waals surface area contributed by atoms with Gasteiger partial charge in [0.2, 0.25) is 5.91 Å². The van der Waals surface area contributed by atoms with E-state index in [9.17, 15) is 15.0 Å². The van der Waals surface area contributed by atoms with Gasteiger partial charge < -0.3 is 15.5 Å². The molecule has 0 aliphatic heterocycles. The Morgan fingerprint density at radius 3 is 0.864 bits per heavy atom. The van der Waals surface area contributed by atoms with Gasteiger partial charge in [0.15, 0.2) is 0 Å². The summed E-state index contributed by atoms with van der Waals surface area (Å²) in [5, 5.41) is 23.2. The van der Waals surface area contributed by atoms with E-state index in [0.717, 1.165) is 116 Å². The summed E-state index contributed by atoms with van der Waals surface area (Å²) in [6, 6.07) is -0.664. The number of amides is 1. The van der Waals surface area contributed by atoms with Crippen LogP contribution in [-0.4, -0.2) is 34.9 Å². The van der Waals surface area contributed by atoms with Crippen molar-refractivity contribution in [2.45, 2.75) is 315 Å². The van der Waals surface area contributed by atoms with Crippen LogP contribution >= 0.6 is 0 Å². The van der Waals surface area contributed by atoms with Crippen LogP contribution in [0.4, 0.5) is 0 Å². The molecule has 0 saturated heterocycles. The van der Waals surface area contributed by atoms with E-state index in [1.54, 1.807) is 6.08 Å². The summed E-state index contributed by atoms with van der Waals surface area (Å²) < 4.78 is 0. The number of rotatable bonds is 61. The van der Waals surface area contributed by atoms with Gasteiger partial charge in [0.05, 0.1) is 18.8 Å². The second-order valence-electron chi connectivity index (χ2n) is 22.5. The molecule has 0 heterocycles. The second-order valence-corrected chi connectivity index (χ2v) is 22.5. The van der Waals surface area contributed by atoms with Gasteiger partial charge in [-0.05, 0) is 122 Å². The van der Waals surface area contributed by atoms with Crippen LogP contribution in [0.15, 0.2) is 158 Å². The molecule has 81 heavy (non-hydrogen) atoms. The molecule has 0 rings (SSSR count). The molecule has 3 N–H and O–H groups in total. The lowest BCUT2D eigenvalue weighted by atomic mass is 10.0. The highest BCUT2D eigenvalue weighted by atomic mass is 16.3. The summed E-state index contributed by atoms with van der Waals surface area (Å²) in [5.41, 5.74) is 0. The Hall–Kier alpha value is -3.99. The molecule has 0 aliphatic carbocycles. The quantitative estimate of drug-likeness (QED) is 0.0420. The Balaban J connectivity index is 3.64. The van der Waals surface area contributed by atoms with E-state index in [0.29, 0.717) is 6.42 Å². The van der Waals surface area contributed by atoms with E-state index in [4.69, 9.17) is 0 Å². The maximum absolute atomic E-state index is 12.5. The van der Waals surface area contributed by atoms with Crippen LogP contribution in [0.25, 0.3) is 0 Å². The fourth-order valence-electron chi connectivity index (χ4n) is 9.59. The average molecular weight is 1120 g/mol. The van der Waals surface area contributed by atoms with Gasteiger partial charge in [0.25, 0.3) is 0 Å². The minimum absolute atomic E-state index is 0.0908. The van der Waals surface area contributed by atoms with Crippen LogP contribution in [0.3, 0.4) is 0 Å². The molecule has 4 nitrogen and oxygen atoms in total. The van der Waals surface area contributed by atoms with E-state index in [-0.39, 0.29) is 12.5 Å². The molecule has 0 aromatic heterocycles. The summed E-state index contributed by atoms with van der Waals surface area (Å²) in [4.78, 5) is 12.5. The number of carbonyl (C=O) groups is 1. The first kappa shape index (κ1) is 77.0. The smallest absolute Gasteiger partial charge is 0.220 e. The first-order chi connectivity index (χ1) is 40.2. The van der Waals surface area contributed by atoms with E-state index in [1.807, 2.05) is 6.08 Å². The normalized spacial score (nSPS) is 13.8. The van der Waals surface area contributed by atoms with Crippen molar-refractivity contribution in [3.05, 3.63) is 158 Å². The van der Waals surface area contributed by atoms with Gasteiger partial charge in [-0.3, -0.25) is 4.79 Å². The molecule has 0 radical (unpaired) electrons. The van der Waals surface area contributed by atoms with Crippen LogP contribution in [0.2, 0.25) is 0 Å². The highest BCUT2D eigenvalue weighted by Gasteiger charge is 2.18. The fraction of sp³-hybridized carbons (Fsp3) is 0.649. The van der Waals surface area contributed by atoms with Crippen LogP contribution in [0.5, 0.6) is 0 Å². The number of aliphatic hydroxyl groups excluding tert-OH is 2. The molecule has 460 valence electrons. The maximum atomic E-state index is 12.5. The SMILES string of the molecule is CC/C=C\C/C=C\C/C=C\C/C=C\C/C=C\C/C=C\C/C=C\C/C=C\C/C=C\C/C=C\CCCCCCCCCCC(=O)NC(CO)C(O)/C=C/CC/C=C/CC/C=C/CCCCCCCCCCCCCCCCCCCCCC. The first-order valence-corrected chi connectivity index (χ1v) is 34.2. The van der Waals surface area contributed by atoms with Crippen molar-refractivity contribution in [3.8, 4) is 0 Å². The molecular weight excluding hydrogens is 987 g/mol. The molecule has 0 aliphatic rings. The van der Waals surface area contributed by atoms with Gasteiger partial charge in [-0.1, -0.05) is 332 Å². The average Bonchev–Trinajstić information content (AvgIpc) is 3.47. The van der Waals surface area contributed by atoms with Gasteiger partial charge in [0.1, 0.15) is 0 Å². The lowest BCUT2D eigenvalue weighted by Gasteiger charge is -2.19. The molecule has 2 atom stereocenters. The van der Waals surface area contributed by atoms with Crippen molar-refractivity contribution in [2.75, 3.05) is 6.61 Å². The highest BCUT2D eigenvalue weighted by Crippen LogP contribution is 2.16. The second kappa shape index (κ2) is 70.3. The summed E-state index contributed by atoms with van der Waals surface area (Å²) in [7, 11) is 0. The zero-order valence-corrected chi connectivity index (χ0v) is 53.0. The molecule has 0 bridgehead atoms. The van der Waals surface area contributed by atoms with Crippen molar-refractivity contribution in [1.29, 1.82) is 0 Å².